The fourth-order valence-electron chi connectivity index (χ4n) is 2.01. The van der Waals surface area contributed by atoms with Gasteiger partial charge in [0.1, 0.15) is 6.61 Å². The van der Waals surface area contributed by atoms with E-state index in [4.69, 9.17) is 4.74 Å². The number of ether oxygens (including phenoxy) is 1. The minimum absolute atomic E-state index is 0.260. The normalized spacial score (nSPS) is 9.87. The number of hydrogen-bond donors (Lipinski definition) is 1. The number of hydrogen-bond acceptors (Lipinski definition) is 2. The Balaban J connectivity index is 1.76. The number of nitrogens with one attached hydrogen (secondary N) is 1. The Kier molecular flexibility index (Phi) is 6.26. The van der Waals surface area contributed by atoms with E-state index in [1.807, 2.05) is 42.5 Å². The number of benzene rings is 2. The maximum Gasteiger partial charge on any atom is 0.408 e. The van der Waals surface area contributed by atoms with Crippen LogP contribution in [-0.2, 0) is 11.3 Å². The molecule has 0 heterocycles. The third kappa shape index (κ3) is 5.88. The molecule has 0 saturated heterocycles. The van der Waals surface area contributed by atoms with Crippen molar-refractivity contribution in [3.8, 4) is 11.8 Å². The van der Waals surface area contributed by atoms with Crippen molar-refractivity contribution in [1.29, 1.82) is 0 Å². The molecule has 0 aliphatic rings. The molecule has 1 N–H and O–H groups in total. The second kappa shape index (κ2) is 8.65. The predicted molar refractivity (Wildman–Crippen MR) is 92.0 cm³/mol. The minimum atomic E-state index is -0.459. The van der Waals surface area contributed by atoms with E-state index in [9.17, 15) is 4.79 Å². The molecule has 0 unspecified atom stereocenters. The second-order valence-corrected chi connectivity index (χ2v) is 5.50. The first-order valence-electron chi connectivity index (χ1n) is 7.68. The van der Waals surface area contributed by atoms with E-state index in [0.29, 0.717) is 5.92 Å². The van der Waals surface area contributed by atoms with Crippen LogP contribution in [0.1, 0.15) is 36.5 Å². The first-order chi connectivity index (χ1) is 11.1. The highest BCUT2D eigenvalue weighted by atomic mass is 16.5. The standard InChI is InChI=1S/C20H21NO2/c1-16(2)19-12-6-10-17(14-19)11-7-13-21-20(22)23-15-18-8-4-3-5-9-18/h3-6,8-10,12,14,16H,13,15H2,1-2H3,(H,21,22). The first kappa shape index (κ1) is 16.6. The highest BCUT2D eigenvalue weighted by Gasteiger charge is 2.00. The minimum Gasteiger partial charge on any atom is -0.445 e. The van der Waals surface area contributed by atoms with Crippen LogP contribution >= 0.6 is 0 Å². The third-order valence-corrected chi connectivity index (χ3v) is 3.32. The van der Waals surface area contributed by atoms with Gasteiger partial charge in [-0.2, -0.15) is 0 Å². The number of amides is 1. The summed E-state index contributed by atoms with van der Waals surface area (Å²) in [6.45, 7) is 4.82. The van der Waals surface area contributed by atoms with Crippen molar-refractivity contribution in [2.75, 3.05) is 6.54 Å². The van der Waals surface area contributed by atoms with E-state index in [0.717, 1.165) is 11.1 Å². The van der Waals surface area contributed by atoms with Gasteiger partial charge in [0.2, 0.25) is 0 Å². The van der Waals surface area contributed by atoms with Crippen molar-refractivity contribution in [2.45, 2.75) is 26.4 Å². The molecule has 0 radical (unpaired) electrons. The van der Waals surface area contributed by atoms with Gasteiger partial charge < -0.3 is 10.1 Å². The summed E-state index contributed by atoms with van der Waals surface area (Å²) < 4.78 is 5.11. The fourth-order valence-corrected chi connectivity index (χ4v) is 2.01. The molecule has 0 aliphatic carbocycles. The summed E-state index contributed by atoms with van der Waals surface area (Å²) in [6, 6.07) is 17.7. The summed E-state index contributed by atoms with van der Waals surface area (Å²) in [6.07, 6.45) is -0.459. The zero-order valence-corrected chi connectivity index (χ0v) is 13.5. The molecular weight excluding hydrogens is 286 g/mol. The Bertz CT molecular complexity index is 696. The summed E-state index contributed by atoms with van der Waals surface area (Å²) >= 11 is 0. The molecule has 0 aromatic heterocycles. The van der Waals surface area contributed by atoms with Crippen LogP contribution in [0.25, 0.3) is 0 Å². The van der Waals surface area contributed by atoms with Gasteiger partial charge in [0.05, 0.1) is 6.54 Å². The summed E-state index contributed by atoms with van der Waals surface area (Å²) in [5.74, 6) is 6.46. The maximum absolute atomic E-state index is 11.6. The number of carbonyl (C=O) groups is 1. The highest BCUT2D eigenvalue weighted by molar-refractivity contribution is 5.67. The Morgan fingerprint density at radius 1 is 1.13 bits per heavy atom. The van der Waals surface area contributed by atoms with Crippen molar-refractivity contribution >= 4 is 6.09 Å². The molecule has 23 heavy (non-hydrogen) atoms. The Hall–Kier alpha value is -2.73. The van der Waals surface area contributed by atoms with Crippen LogP contribution in [0.3, 0.4) is 0 Å². The lowest BCUT2D eigenvalue weighted by molar-refractivity contribution is 0.141. The van der Waals surface area contributed by atoms with Crippen molar-refractivity contribution in [1.82, 2.24) is 5.32 Å². The van der Waals surface area contributed by atoms with Gasteiger partial charge in [-0.1, -0.05) is 68.2 Å². The van der Waals surface area contributed by atoms with Crippen molar-refractivity contribution in [3.63, 3.8) is 0 Å². The molecule has 0 saturated carbocycles. The van der Waals surface area contributed by atoms with Gasteiger partial charge >= 0.3 is 6.09 Å². The molecule has 0 atom stereocenters. The SMILES string of the molecule is CC(C)c1cccc(C#CCNC(=O)OCc2ccccc2)c1. The maximum atomic E-state index is 11.6. The van der Waals surface area contributed by atoms with Gasteiger partial charge in [-0.25, -0.2) is 4.79 Å². The van der Waals surface area contributed by atoms with Crippen LogP contribution in [0, 0.1) is 11.8 Å². The van der Waals surface area contributed by atoms with Crippen molar-refractivity contribution in [2.24, 2.45) is 0 Å². The largest absolute Gasteiger partial charge is 0.445 e. The lowest BCUT2D eigenvalue weighted by Gasteiger charge is -2.05. The monoisotopic (exact) mass is 307 g/mol. The molecule has 0 spiro atoms. The Morgan fingerprint density at radius 3 is 2.65 bits per heavy atom. The topological polar surface area (TPSA) is 38.3 Å². The molecule has 2 aromatic rings. The summed E-state index contributed by atoms with van der Waals surface area (Å²) in [7, 11) is 0. The zero-order chi connectivity index (χ0) is 16.5. The molecule has 3 nitrogen and oxygen atoms in total. The highest BCUT2D eigenvalue weighted by Crippen LogP contribution is 2.14. The average Bonchev–Trinajstić information content (AvgIpc) is 2.58. The molecular formula is C20H21NO2. The number of rotatable bonds is 4. The number of carbonyl (C=O) groups excluding carboxylic acids is 1. The summed E-state index contributed by atoms with van der Waals surface area (Å²) in [5.41, 5.74) is 3.17. The van der Waals surface area contributed by atoms with Crippen molar-refractivity contribution in [3.05, 3.63) is 71.3 Å². The zero-order valence-electron chi connectivity index (χ0n) is 13.5. The van der Waals surface area contributed by atoms with Crippen LogP contribution in [0.4, 0.5) is 4.79 Å². The second-order valence-electron chi connectivity index (χ2n) is 5.50. The first-order valence-corrected chi connectivity index (χ1v) is 7.68. The van der Waals surface area contributed by atoms with Gasteiger partial charge in [-0.15, -0.1) is 0 Å². The van der Waals surface area contributed by atoms with Gasteiger partial charge in [0.15, 0.2) is 0 Å². The molecule has 0 aliphatic heterocycles. The smallest absolute Gasteiger partial charge is 0.408 e. The molecule has 0 bridgehead atoms. The lowest BCUT2D eigenvalue weighted by Crippen LogP contribution is -2.24. The van der Waals surface area contributed by atoms with E-state index in [-0.39, 0.29) is 13.2 Å². The molecule has 2 rings (SSSR count). The molecule has 0 fully saturated rings. The van der Waals surface area contributed by atoms with Gasteiger partial charge in [0, 0.05) is 5.56 Å². The van der Waals surface area contributed by atoms with Gasteiger partial charge in [0.25, 0.3) is 0 Å². The molecule has 2 aromatic carbocycles. The van der Waals surface area contributed by atoms with E-state index in [1.165, 1.54) is 5.56 Å². The van der Waals surface area contributed by atoms with Crippen LogP contribution in [0.2, 0.25) is 0 Å². The van der Waals surface area contributed by atoms with Gasteiger partial charge in [-0.3, -0.25) is 0 Å². The molecule has 1 amide bonds. The van der Waals surface area contributed by atoms with E-state index < -0.39 is 6.09 Å². The summed E-state index contributed by atoms with van der Waals surface area (Å²) in [5, 5.41) is 2.63. The lowest BCUT2D eigenvalue weighted by atomic mass is 10.0. The fraction of sp³-hybridized carbons (Fsp3) is 0.250. The van der Waals surface area contributed by atoms with E-state index in [1.54, 1.807) is 0 Å². The third-order valence-electron chi connectivity index (χ3n) is 3.32. The van der Waals surface area contributed by atoms with Gasteiger partial charge in [-0.05, 0) is 29.2 Å². The number of alkyl carbamates (subject to hydrolysis) is 1. The van der Waals surface area contributed by atoms with Crippen LogP contribution in [0.15, 0.2) is 54.6 Å². The van der Waals surface area contributed by atoms with E-state index in [2.05, 4.69) is 43.1 Å². The molecule has 3 heteroatoms. The van der Waals surface area contributed by atoms with E-state index >= 15 is 0 Å². The Labute approximate surface area is 137 Å². The Morgan fingerprint density at radius 2 is 1.91 bits per heavy atom. The van der Waals surface area contributed by atoms with Crippen LogP contribution in [-0.4, -0.2) is 12.6 Å². The van der Waals surface area contributed by atoms with Crippen LogP contribution < -0.4 is 5.32 Å². The summed E-state index contributed by atoms with van der Waals surface area (Å²) in [4.78, 5) is 11.6. The van der Waals surface area contributed by atoms with Crippen molar-refractivity contribution < 1.29 is 9.53 Å². The molecule has 118 valence electrons. The van der Waals surface area contributed by atoms with Crippen LogP contribution in [0.5, 0.6) is 0 Å². The average molecular weight is 307 g/mol. The predicted octanol–water partition coefficient (Wildman–Crippen LogP) is 4.09. The quantitative estimate of drug-likeness (QED) is 0.864.